The predicted octanol–water partition coefficient (Wildman–Crippen LogP) is 4.32. The molecule has 9 heteroatoms. The Morgan fingerprint density at radius 2 is 1.81 bits per heavy atom. The number of nitrogens with one attached hydrogen (secondary N) is 2. The molecule has 0 radical (unpaired) electrons. The quantitative estimate of drug-likeness (QED) is 0.392. The van der Waals surface area contributed by atoms with Gasteiger partial charge in [0.05, 0.1) is 25.1 Å². The summed E-state index contributed by atoms with van der Waals surface area (Å²) in [6.07, 6.45) is 3.69. The topological polar surface area (TPSA) is 97.2 Å². The van der Waals surface area contributed by atoms with E-state index in [9.17, 15) is 4.79 Å². The summed E-state index contributed by atoms with van der Waals surface area (Å²) in [7, 11) is 1.87. The normalized spacial score (nSPS) is 13.9. The summed E-state index contributed by atoms with van der Waals surface area (Å²) in [6, 6.07) is 15.5. The van der Waals surface area contributed by atoms with Crippen LogP contribution in [-0.2, 0) is 18.3 Å². The summed E-state index contributed by atoms with van der Waals surface area (Å²) < 4.78 is 7.18. The third-order valence-electron chi connectivity index (χ3n) is 6.32. The van der Waals surface area contributed by atoms with E-state index in [1.165, 1.54) is 5.56 Å². The molecule has 0 unspecified atom stereocenters. The lowest BCUT2D eigenvalue weighted by molar-refractivity contribution is 0.0342. The smallest absolute Gasteiger partial charge is 0.255 e. The van der Waals surface area contributed by atoms with Gasteiger partial charge in [-0.15, -0.1) is 0 Å². The second-order valence-corrected chi connectivity index (χ2v) is 9.32. The van der Waals surface area contributed by atoms with Crippen LogP contribution in [0.5, 0.6) is 0 Å². The molecule has 0 bridgehead atoms. The summed E-state index contributed by atoms with van der Waals surface area (Å²) in [6.45, 7) is 8.16. The zero-order valence-corrected chi connectivity index (χ0v) is 21.4. The number of carbonyl (C=O) groups is 1. The number of aryl methyl sites for hydroxylation is 3. The Labute approximate surface area is 216 Å². The van der Waals surface area contributed by atoms with Crippen LogP contribution in [0.4, 0.5) is 17.3 Å². The fourth-order valence-electron chi connectivity index (χ4n) is 4.27. The second kappa shape index (κ2) is 10.9. The number of rotatable bonds is 7. The molecular formula is C28H31N7O2. The molecule has 0 aliphatic carbocycles. The van der Waals surface area contributed by atoms with Crippen LogP contribution in [0.25, 0.3) is 11.3 Å². The largest absolute Gasteiger partial charge is 0.379 e. The molecule has 1 aliphatic rings. The van der Waals surface area contributed by atoms with Gasteiger partial charge in [0.2, 0.25) is 5.95 Å². The van der Waals surface area contributed by atoms with Gasteiger partial charge >= 0.3 is 0 Å². The Morgan fingerprint density at radius 1 is 1.03 bits per heavy atom. The first-order valence-electron chi connectivity index (χ1n) is 12.4. The van der Waals surface area contributed by atoms with Crippen molar-refractivity contribution in [1.82, 2.24) is 24.6 Å². The van der Waals surface area contributed by atoms with Gasteiger partial charge in [0.25, 0.3) is 5.91 Å². The Morgan fingerprint density at radius 3 is 2.54 bits per heavy atom. The number of morpholine rings is 1. The number of hydrogen-bond acceptors (Lipinski definition) is 7. The first kappa shape index (κ1) is 24.6. The molecule has 2 aromatic carbocycles. The molecule has 0 saturated carbocycles. The molecule has 0 atom stereocenters. The first-order chi connectivity index (χ1) is 17.9. The molecule has 1 aliphatic heterocycles. The molecule has 3 heterocycles. The van der Waals surface area contributed by atoms with E-state index in [2.05, 4.69) is 48.8 Å². The van der Waals surface area contributed by atoms with E-state index in [0.29, 0.717) is 11.5 Å². The highest BCUT2D eigenvalue weighted by Crippen LogP contribution is 2.22. The minimum atomic E-state index is -0.149. The number of hydrogen-bond donors (Lipinski definition) is 2. The maximum Gasteiger partial charge on any atom is 0.255 e. The van der Waals surface area contributed by atoms with Crippen LogP contribution >= 0.6 is 0 Å². The van der Waals surface area contributed by atoms with Crippen molar-refractivity contribution in [2.75, 3.05) is 36.9 Å². The number of benzene rings is 2. The Balaban J connectivity index is 1.25. The monoisotopic (exact) mass is 497 g/mol. The lowest BCUT2D eigenvalue weighted by atomic mass is 10.1. The molecule has 5 rings (SSSR count). The molecule has 190 valence electrons. The van der Waals surface area contributed by atoms with Gasteiger partial charge in [-0.05, 0) is 61.4 Å². The Hall–Kier alpha value is -4.08. The fraction of sp³-hybridized carbons (Fsp3) is 0.286. The van der Waals surface area contributed by atoms with Crippen molar-refractivity contribution < 1.29 is 9.53 Å². The SMILES string of the molecule is Cc1cc(-c2cnn(C)c2)nc(Nc2ccc(C(=O)Nc3cc(CN4CCOCC4)ccc3C)cc2)n1. The number of amides is 1. The molecule has 2 aromatic heterocycles. The Bertz CT molecular complexity index is 1390. The van der Waals surface area contributed by atoms with E-state index in [1.807, 2.05) is 45.3 Å². The van der Waals surface area contributed by atoms with Gasteiger partial charge in [-0.3, -0.25) is 14.4 Å². The third kappa shape index (κ3) is 6.19. The molecular weight excluding hydrogens is 466 g/mol. The number of aromatic nitrogens is 4. The Kier molecular flexibility index (Phi) is 7.25. The molecule has 9 nitrogen and oxygen atoms in total. The highest BCUT2D eigenvalue weighted by molar-refractivity contribution is 6.04. The van der Waals surface area contributed by atoms with Gasteiger partial charge in [-0.1, -0.05) is 12.1 Å². The number of carbonyl (C=O) groups excluding carboxylic acids is 1. The van der Waals surface area contributed by atoms with Crippen molar-refractivity contribution in [3.8, 4) is 11.3 Å². The third-order valence-corrected chi connectivity index (χ3v) is 6.32. The number of nitrogens with zero attached hydrogens (tertiary/aromatic N) is 5. The maximum absolute atomic E-state index is 13.0. The summed E-state index contributed by atoms with van der Waals surface area (Å²) >= 11 is 0. The van der Waals surface area contributed by atoms with Crippen LogP contribution in [0.1, 0.15) is 27.2 Å². The van der Waals surface area contributed by atoms with Crippen LogP contribution in [0.3, 0.4) is 0 Å². The summed E-state index contributed by atoms with van der Waals surface area (Å²) in [5, 5.41) is 10.5. The zero-order chi connectivity index (χ0) is 25.8. The molecule has 4 aromatic rings. The van der Waals surface area contributed by atoms with Gasteiger partial charge in [-0.2, -0.15) is 5.10 Å². The minimum Gasteiger partial charge on any atom is -0.379 e. The lowest BCUT2D eigenvalue weighted by Gasteiger charge is -2.26. The van der Waals surface area contributed by atoms with Gasteiger partial charge < -0.3 is 15.4 Å². The number of ether oxygens (including phenoxy) is 1. The van der Waals surface area contributed by atoms with Crippen molar-refractivity contribution in [3.63, 3.8) is 0 Å². The summed E-state index contributed by atoms with van der Waals surface area (Å²) in [5.41, 5.74) is 6.96. The van der Waals surface area contributed by atoms with Crippen molar-refractivity contribution in [3.05, 3.63) is 83.3 Å². The molecule has 1 amide bonds. The fourth-order valence-corrected chi connectivity index (χ4v) is 4.27. The average Bonchev–Trinajstić information content (AvgIpc) is 3.33. The zero-order valence-electron chi connectivity index (χ0n) is 21.4. The first-order valence-corrected chi connectivity index (χ1v) is 12.4. The summed E-state index contributed by atoms with van der Waals surface area (Å²) in [4.78, 5) is 24.5. The van der Waals surface area contributed by atoms with E-state index in [1.54, 1.807) is 23.0 Å². The van der Waals surface area contributed by atoms with E-state index in [4.69, 9.17) is 4.74 Å². The maximum atomic E-state index is 13.0. The molecule has 2 N–H and O–H groups in total. The highest BCUT2D eigenvalue weighted by atomic mass is 16.5. The van der Waals surface area contributed by atoms with E-state index in [0.717, 1.165) is 66.7 Å². The molecule has 1 saturated heterocycles. The van der Waals surface area contributed by atoms with Crippen LogP contribution in [-0.4, -0.2) is 56.9 Å². The average molecular weight is 498 g/mol. The molecule has 37 heavy (non-hydrogen) atoms. The van der Waals surface area contributed by atoms with Crippen LogP contribution in [0.15, 0.2) is 60.9 Å². The standard InChI is InChI=1S/C28H31N7O2/c1-19-4-5-21(17-35-10-12-37-13-11-35)15-25(19)32-27(36)22-6-8-24(9-7-22)31-28-30-20(2)14-26(33-28)23-16-29-34(3)18-23/h4-9,14-16,18H,10-13,17H2,1-3H3,(H,32,36)(H,30,31,33). The van der Waals surface area contributed by atoms with Gasteiger partial charge in [0.15, 0.2) is 0 Å². The van der Waals surface area contributed by atoms with E-state index in [-0.39, 0.29) is 5.91 Å². The van der Waals surface area contributed by atoms with Crippen molar-refractivity contribution in [2.24, 2.45) is 7.05 Å². The van der Waals surface area contributed by atoms with E-state index < -0.39 is 0 Å². The highest BCUT2D eigenvalue weighted by Gasteiger charge is 2.13. The summed E-state index contributed by atoms with van der Waals surface area (Å²) in [5.74, 6) is 0.340. The number of anilines is 3. The van der Waals surface area contributed by atoms with Gasteiger partial charge in [0.1, 0.15) is 0 Å². The second-order valence-electron chi connectivity index (χ2n) is 9.32. The van der Waals surface area contributed by atoms with Crippen molar-refractivity contribution in [2.45, 2.75) is 20.4 Å². The van der Waals surface area contributed by atoms with Crippen molar-refractivity contribution in [1.29, 1.82) is 0 Å². The van der Waals surface area contributed by atoms with Crippen LogP contribution in [0.2, 0.25) is 0 Å². The van der Waals surface area contributed by atoms with Crippen molar-refractivity contribution >= 4 is 23.2 Å². The minimum absolute atomic E-state index is 0.149. The van der Waals surface area contributed by atoms with Gasteiger partial charge in [0, 0.05) is 61.1 Å². The van der Waals surface area contributed by atoms with Gasteiger partial charge in [-0.25, -0.2) is 9.97 Å². The van der Waals surface area contributed by atoms with Crippen LogP contribution in [0, 0.1) is 13.8 Å². The predicted molar refractivity (Wildman–Crippen MR) is 144 cm³/mol. The van der Waals surface area contributed by atoms with E-state index >= 15 is 0 Å². The molecule has 1 fully saturated rings. The van der Waals surface area contributed by atoms with Crippen LogP contribution < -0.4 is 10.6 Å². The lowest BCUT2D eigenvalue weighted by Crippen LogP contribution is -2.35. The molecule has 0 spiro atoms.